The van der Waals surface area contributed by atoms with Crippen LogP contribution in [-0.2, 0) is 0 Å². The highest BCUT2D eigenvalue weighted by Gasteiger charge is 2.77. The molecule has 5 heteroatoms. The van der Waals surface area contributed by atoms with Crippen molar-refractivity contribution in [1.82, 2.24) is 0 Å². The zero-order chi connectivity index (χ0) is 13.2. The van der Waals surface area contributed by atoms with Gasteiger partial charge in [0.1, 0.15) is 0 Å². The molecule has 0 aromatic heterocycles. The van der Waals surface area contributed by atoms with Gasteiger partial charge in [-0.15, -0.1) is 0 Å². The molecule has 0 amide bonds. The summed E-state index contributed by atoms with van der Waals surface area (Å²) in [6, 6.07) is 0. The first-order valence-corrected chi connectivity index (χ1v) is 19.1. The van der Waals surface area contributed by atoms with Gasteiger partial charge in [0, 0.05) is 0 Å². The molecule has 2 atom stereocenters. The van der Waals surface area contributed by atoms with Crippen LogP contribution in [0.5, 0.6) is 0 Å². The molecule has 0 N–H and O–H groups in total. The van der Waals surface area contributed by atoms with Crippen LogP contribution in [0.15, 0.2) is 0 Å². The van der Waals surface area contributed by atoms with Crippen molar-refractivity contribution in [2.45, 2.75) is 68.6 Å². The zero-order valence-corrected chi connectivity index (χ0v) is 17.1. The Hall–Kier alpha value is 1.37. The smallest absolute Gasteiger partial charge is 0.0545 e. The molecule has 1 aliphatic heterocycles. The first-order chi connectivity index (χ1) is 6.78. The normalized spacial score (nSPS) is 30.4. The highest BCUT2D eigenvalue weighted by molar-refractivity contribution is 7.99. The predicted molar refractivity (Wildman–Crippen MR) is 89.3 cm³/mol. The van der Waals surface area contributed by atoms with E-state index in [0.29, 0.717) is 4.40 Å². The lowest BCUT2D eigenvalue weighted by molar-refractivity contribution is 1.15. The molecule has 0 bridgehead atoms. The molecule has 16 heavy (non-hydrogen) atoms. The standard InChI is InChI=1S/C11H28ClPSi3/c1-14(2,3)10-11(13(10)12,15(4,5)6)16(7,8)9/h10H,1-9H3/t10?,13-/m1/s1. The molecule has 1 saturated heterocycles. The van der Waals surface area contributed by atoms with E-state index in [1.54, 1.807) is 0 Å². The molecular weight excluding hydrogens is 283 g/mol. The van der Waals surface area contributed by atoms with E-state index in [9.17, 15) is 0 Å². The minimum absolute atomic E-state index is 0.188. The lowest BCUT2D eigenvalue weighted by Gasteiger charge is -2.41. The van der Waals surface area contributed by atoms with E-state index in [0.717, 1.165) is 5.28 Å². The Morgan fingerprint density at radius 3 is 1.19 bits per heavy atom. The number of hydrogen-bond acceptors (Lipinski definition) is 0. The first-order valence-electron chi connectivity index (χ1n) is 6.23. The minimum Gasteiger partial charge on any atom is -0.0964 e. The summed E-state index contributed by atoms with van der Waals surface area (Å²) in [7, 11) is -3.57. The molecule has 1 unspecified atom stereocenters. The maximum Gasteiger partial charge on any atom is 0.0545 e. The predicted octanol–water partition coefficient (Wildman–Crippen LogP) is 5.38. The molecule has 96 valence electrons. The van der Waals surface area contributed by atoms with Gasteiger partial charge in [-0.3, -0.25) is 0 Å². The monoisotopic (exact) mass is 310 g/mol. The highest BCUT2D eigenvalue weighted by atomic mass is 35.7. The Kier molecular flexibility index (Phi) is 3.79. The number of halogens is 1. The van der Waals surface area contributed by atoms with E-state index in [1.807, 2.05) is 0 Å². The third-order valence-corrected chi connectivity index (χ3v) is 29.8. The summed E-state index contributed by atoms with van der Waals surface area (Å²) in [5, 5.41) is 0.940. The Bertz CT molecular complexity index is 271. The van der Waals surface area contributed by atoms with Gasteiger partial charge in [0.25, 0.3) is 0 Å². The molecule has 1 aliphatic rings. The van der Waals surface area contributed by atoms with Crippen LogP contribution in [-0.4, -0.2) is 33.9 Å². The average Bonchev–Trinajstić information content (AvgIpc) is 2.51. The van der Waals surface area contributed by atoms with Crippen LogP contribution in [0.3, 0.4) is 0 Å². The fraction of sp³-hybridized carbons (Fsp3) is 1.00. The molecule has 0 spiro atoms. The largest absolute Gasteiger partial charge is 0.0964 e. The van der Waals surface area contributed by atoms with Crippen LogP contribution in [0.4, 0.5) is 0 Å². The second-order valence-corrected chi connectivity index (χ2v) is 29.0. The van der Waals surface area contributed by atoms with Gasteiger partial charge in [-0.05, 0) is 17.0 Å². The van der Waals surface area contributed by atoms with Gasteiger partial charge in [-0.2, -0.15) is 0 Å². The number of hydrogen-bond donors (Lipinski definition) is 0. The van der Waals surface area contributed by atoms with Crippen LogP contribution in [0.1, 0.15) is 0 Å². The van der Waals surface area contributed by atoms with E-state index in [4.69, 9.17) is 11.2 Å². The molecule has 0 radical (unpaired) electrons. The van der Waals surface area contributed by atoms with Gasteiger partial charge in [-0.1, -0.05) is 70.2 Å². The zero-order valence-electron chi connectivity index (χ0n) is 12.4. The van der Waals surface area contributed by atoms with E-state index >= 15 is 0 Å². The second-order valence-electron chi connectivity index (χ2n) is 8.35. The average molecular weight is 311 g/mol. The molecule has 1 rings (SSSR count). The molecule has 0 nitrogen and oxygen atoms in total. The fourth-order valence-electron chi connectivity index (χ4n) is 3.81. The molecule has 0 aromatic carbocycles. The summed E-state index contributed by atoms with van der Waals surface area (Å²) >= 11 is 6.90. The summed E-state index contributed by atoms with van der Waals surface area (Å²) in [5.41, 5.74) is 0. The van der Waals surface area contributed by atoms with Gasteiger partial charge in [-0.25, -0.2) is 0 Å². The summed E-state index contributed by atoms with van der Waals surface area (Å²) in [6.45, 7) is 22.9. The van der Waals surface area contributed by atoms with Crippen LogP contribution in [0.2, 0.25) is 58.9 Å². The van der Waals surface area contributed by atoms with E-state index in [2.05, 4.69) is 58.9 Å². The van der Waals surface area contributed by atoms with Gasteiger partial charge in [0.05, 0.1) is 24.2 Å². The van der Waals surface area contributed by atoms with Crippen LogP contribution < -0.4 is 0 Å². The summed E-state index contributed by atoms with van der Waals surface area (Å²) in [4.78, 5) is 0. The molecule has 0 saturated carbocycles. The third kappa shape index (κ3) is 2.05. The minimum atomic E-state index is -1.15. The van der Waals surface area contributed by atoms with Crippen molar-refractivity contribution in [1.29, 1.82) is 0 Å². The Morgan fingerprint density at radius 1 is 0.812 bits per heavy atom. The van der Waals surface area contributed by atoms with Gasteiger partial charge < -0.3 is 0 Å². The maximum absolute atomic E-state index is 6.90. The second kappa shape index (κ2) is 3.93. The quantitative estimate of drug-likeness (QED) is 0.485. The van der Waals surface area contributed by atoms with Crippen LogP contribution in [0, 0.1) is 0 Å². The van der Waals surface area contributed by atoms with Crippen molar-refractivity contribution in [3.05, 3.63) is 0 Å². The number of rotatable bonds is 3. The summed E-state index contributed by atoms with van der Waals surface area (Å²) in [5.74, 6) is 0. The lowest BCUT2D eigenvalue weighted by atomic mass is 10.9. The molecule has 1 fully saturated rings. The summed E-state index contributed by atoms with van der Waals surface area (Å²) in [6.07, 6.45) is 0. The van der Waals surface area contributed by atoms with Gasteiger partial charge in [0.15, 0.2) is 0 Å². The van der Waals surface area contributed by atoms with Crippen molar-refractivity contribution in [3.8, 4) is 0 Å². The van der Waals surface area contributed by atoms with E-state index in [1.165, 1.54) is 0 Å². The molecule has 0 aliphatic carbocycles. The van der Waals surface area contributed by atoms with Crippen molar-refractivity contribution >= 4 is 42.7 Å². The Labute approximate surface area is 111 Å². The topological polar surface area (TPSA) is 0 Å². The van der Waals surface area contributed by atoms with Crippen LogP contribution in [0.25, 0.3) is 0 Å². The first kappa shape index (κ1) is 15.4. The van der Waals surface area contributed by atoms with Gasteiger partial charge >= 0.3 is 0 Å². The van der Waals surface area contributed by atoms with Crippen molar-refractivity contribution in [2.75, 3.05) is 0 Å². The Balaban J connectivity index is 3.24. The SMILES string of the molecule is C[Si](C)(C)C1[P@@](Cl)C1([Si](C)(C)C)[Si](C)(C)C. The molecule has 1 heterocycles. The third-order valence-electron chi connectivity index (χ3n) is 4.00. The van der Waals surface area contributed by atoms with Gasteiger partial charge in [0.2, 0.25) is 0 Å². The van der Waals surface area contributed by atoms with E-state index < -0.39 is 24.2 Å². The van der Waals surface area contributed by atoms with Crippen molar-refractivity contribution < 1.29 is 0 Å². The van der Waals surface area contributed by atoms with Crippen molar-refractivity contribution in [2.24, 2.45) is 0 Å². The summed E-state index contributed by atoms with van der Waals surface area (Å²) < 4.78 is 0.654. The molecule has 0 aromatic rings. The fourth-order valence-corrected chi connectivity index (χ4v) is 44.4. The Morgan fingerprint density at radius 2 is 1.12 bits per heavy atom. The van der Waals surface area contributed by atoms with Crippen LogP contribution >= 0.6 is 18.5 Å². The highest BCUT2D eigenvalue weighted by Crippen LogP contribution is 2.85. The molecular formula is C11H28ClPSi3. The van der Waals surface area contributed by atoms with E-state index in [-0.39, 0.29) is 7.27 Å². The van der Waals surface area contributed by atoms with Crippen molar-refractivity contribution in [3.63, 3.8) is 0 Å². The maximum atomic E-state index is 6.90. The lowest BCUT2D eigenvalue weighted by Crippen LogP contribution is -2.61.